The van der Waals surface area contributed by atoms with Gasteiger partial charge in [-0.3, -0.25) is 14.0 Å². The summed E-state index contributed by atoms with van der Waals surface area (Å²) in [7, 11) is 1.52. The fraction of sp³-hybridized carbons (Fsp3) is 0.724. The standard InChI is InChI=1S/C29H49FN2O3/c1-3-4-5-6-7-8-9-10-11-12-13-16-23-31-29(34)27(24-35-2)32-28(33)26-20-18-25(19-21-26)17-14-15-22-30/h18-21,27H,3-17,22-24H2,1-2H3,(H,31,34)(H,32,33)/t27-/m0/s1/i30-1. The Kier molecular flexibility index (Phi) is 19.0. The van der Waals surface area contributed by atoms with E-state index in [1.807, 2.05) is 12.1 Å². The fourth-order valence-electron chi connectivity index (χ4n) is 4.14. The van der Waals surface area contributed by atoms with Crippen LogP contribution in [0.1, 0.15) is 113 Å². The van der Waals surface area contributed by atoms with Crippen molar-refractivity contribution in [1.29, 1.82) is 0 Å². The molecule has 0 spiro atoms. The molecule has 0 saturated carbocycles. The van der Waals surface area contributed by atoms with E-state index in [2.05, 4.69) is 17.6 Å². The molecule has 0 radical (unpaired) electrons. The second-order valence-electron chi connectivity index (χ2n) is 9.50. The third-order valence-electron chi connectivity index (χ3n) is 6.35. The summed E-state index contributed by atoms with van der Waals surface area (Å²) < 4.78 is 17.4. The minimum absolute atomic E-state index is 0.122. The average molecular weight is 492 g/mol. The van der Waals surface area contributed by atoms with E-state index in [-0.39, 0.29) is 25.1 Å². The van der Waals surface area contributed by atoms with Gasteiger partial charge >= 0.3 is 0 Å². The topological polar surface area (TPSA) is 67.4 Å². The monoisotopic (exact) mass is 491 g/mol. The van der Waals surface area contributed by atoms with Crippen molar-refractivity contribution >= 4 is 11.8 Å². The molecule has 2 amide bonds. The number of hydrogen-bond acceptors (Lipinski definition) is 3. The molecule has 0 fully saturated rings. The Labute approximate surface area is 213 Å². The molecule has 1 aromatic rings. The maximum atomic E-state index is 12.6. The average Bonchev–Trinajstić information content (AvgIpc) is 2.87. The Hall–Kier alpha value is -1.95. The van der Waals surface area contributed by atoms with E-state index in [0.29, 0.717) is 18.5 Å². The normalized spacial score (nSPS) is 11.9. The van der Waals surface area contributed by atoms with Gasteiger partial charge in [-0.1, -0.05) is 89.7 Å². The van der Waals surface area contributed by atoms with E-state index >= 15 is 0 Å². The molecule has 2 N–H and O–H groups in total. The van der Waals surface area contributed by atoms with Crippen LogP contribution in [0, 0.1) is 0 Å². The molecule has 200 valence electrons. The quantitative estimate of drug-likeness (QED) is 0.181. The summed E-state index contributed by atoms with van der Waals surface area (Å²) >= 11 is 0. The number of aryl methyl sites for hydroxylation is 1. The highest BCUT2D eigenvalue weighted by Gasteiger charge is 2.21. The number of unbranched alkanes of at least 4 members (excludes halogenated alkanes) is 12. The van der Waals surface area contributed by atoms with Crippen LogP contribution in [-0.2, 0) is 16.0 Å². The molecule has 1 rings (SSSR count). The molecule has 0 aromatic heterocycles. The van der Waals surface area contributed by atoms with E-state index in [9.17, 15) is 14.0 Å². The second kappa shape index (κ2) is 21.3. The molecule has 1 atom stereocenters. The van der Waals surface area contributed by atoms with Gasteiger partial charge in [0.25, 0.3) is 5.91 Å². The molecule has 1 aromatic carbocycles. The van der Waals surface area contributed by atoms with E-state index in [1.165, 1.54) is 71.3 Å². The highest BCUT2D eigenvalue weighted by Crippen LogP contribution is 2.12. The van der Waals surface area contributed by atoms with Crippen molar-refractivity contribution in [2.75, 3.05) is 26.9 Å². The predicted molar refractivity (Wildman–Crippen MR) is 143 cm³/mol. The van der Waals surface area contributed by atoms with Crippen LogP contribution in [0.2, 0.25) is 0 Å². The van der Waals surface area contributed by atoms with Gasteiger partial charge in [-0.2, -0.15) is 0 Å². The molecule has 0 bridgehead atoms. The molecular weight excluding hydrogens is 442 g/mol. The van der Waals surface area contributed by atoms with Crippen LogP contribution in [-0.4, -0.2) is 44.8 Å². The van der Waals surface area contributed by atoms with Crippen molar-refractivity contribution in [3.8, 4) is 0 Å². The number of carbonyl (C=O) groups is 2. The van der Waals surface area contributed by atoms with Crippen molar-refractivity contribution in [3.63, 3.8) is 0 Å². The summed E-state index contributed by atoms with van der Waals surface area (Å²) in [5.74, 6) is -0.519. The van der Waals surface area contributed by atoms with Gasteiger partial charge in [0.15, 0.2) is 0 Å². The van der Waals surface area contributed by atoms with Gasteiger partial charge in [-0.25, -0.2) is 0 Å². The van der Waals surface area contributed by atoms with Crippen LogP contribution in [0.5, 0.6) is 0 Å². The van der Waals surface area contributed by atoms with Gasteiger partial charge in [0.05, 0.1) is 13.3 Å². The van der Waals surface area contributed by atoms with Gasteiger partial charge in [0.1, 0.15) is 6.04 Å². The first-order valence-corrected chi connectivity index (χ1v) is 13.8. The van der Waals surface area contributed by atoms with E-state index in [1.54, 1.807) is 12.1 Å². The van der Waals surface area contributed by atoms with Crippen molar-refractivity contribution in [1.82, 2.24) is 10.6 Å². The number of ether oxygens (including phenoxy) is 1. The molecule has 0 saturated heterocycles. The highest BCUT2D eigenvalue weighted by atomic mass is 18.2. The van der Waals surface area contributed by atoms with Crippen molar-refractivity contribution in [2.24, 2.45) is 0 Å². The van der Waals surface area contributed by atoms with E-state index in [4.69, 9.17) is 4.74 Å². The van der Waals surface area contributed by atoms with E-state index < -0.39 is 6.04 Å². The summed E-state index contributed by atoms with van der Waals surface area (Å²) in [6, 6.07) is 6.52. The number of methoxy groups -OCH3 is 1. The molecule has 0 aliphatic heterocycles. The number of carbonyl (C=O) groups excluding carboxylic acids is 2. The Bertz CT molecular complexity index is 666. The lowest BCUT2D eigenvalue weighted by Gasteiger charge is -2.18. The zero-order chi connectivity index (χ0) is 25.6. The van der Waals surface area contributed by atoms with Gasteiger partial charge in [0.2, 0.25) is 5.91 Å². The number of nitrogens with one attached hydrogen (secondary N) is 2. The van der Waals surface area contributed by atoms with Crippen molar-refractivity contribution in [2.45, 2.75) is 109 Å². The molecule has 0 aliphatic carbocycles. The third kappa shape index (κ3) is 15.6. The van der Waals surface area contributed by atoms with Gasteiger partial charge < -0.3 is 15.4 Å². The molecular formula is C29H49FN2O3. The Morgan fingerprint density at radius 1 is 0.829 bits per heavy atom. The lowest BCUT2D eigenvalue weighted by molar-refractivity contribution is -0.124. The minimum atomic E-state index is -0.728. The zero-order valence-electron chi connectivity index (χ0n) is 22.2. The van der Waals surface area contributed by atoms with Crippen LogP contribution in [0.3, 0.4) is 0 Å². The summed E-state index contributed by atoms with van der Waals surface area (Å²) in [5.41, 5.74) is 1.57. The first-order chi connectivity index (χ1) is 17.1. The van der Waals surface area contributed by atoms with Gasteiger partial charge in [-0.15, -0.1) is 0 Å². The number of rotatable bonds is 22. The van der Waals surface area contributed by atoms with Gasteiger partial charge in [0, 0.05) is 19.2 Å². The summed E-state index contributed by atoms with van der Waals surface area (Å²) in [6.45, 7) is 2.68. The first-order valence-electron chi connectivity index (χ1n) is 13.8. The zero-order valence-corrected chi connectivity index (χ0v) is 22.2. The minimum Gasteiger partial charge on any atom is -0.382 e. The molecule has 5 nitrogen and oxygen atoms in total. The maximum Gasteiger partial charge on any atom is 0.251 e. The van der Waals surface area contributed by atoms with Crippen LogP contribution in [0.25, 0.3) is 0 Å². The predicted octanol–water partition coefficient (Wildman–Crippen LogP) is 6.54. The smallest absolute Gasteiger partial charge is 0.251 e. The lowest BCUT2D eigenvalue weighted by Crippen LogP contribution is -2.49. The van der Waals surface area contributed by atoms with E-state index in [0.717, 1.165) is 31.2 Å². The number of benzene rings is 1. The van der Waals surface area contributed by atoms with Crippen molar-refractivity contribution < 1.29 is 18.7 Å². The Morgan fingerprint density at radius 2 is 1.40 bits per heavy atom. The Balaban J connectivity index is 2.21. The molecule has 0 heterocycles. The molecule has 6 heteroatoms. The number of alkyl halides is 1. The van der Waals surface area contributed by atoms with Gasteiger partial charge in [-0.05, 0) is 43.4 Å². The van der Waals surface area contributed by atoms with Crippen molar-refractivity contribution in [3.05, 3.63) is 35.4 Å². The lowest BCUT2D eigenvalue weighted by atomic mass is 10.1. The number of halogens is 1. The van der Waals surface area contributed by atoms with Crippen LogP contribution in [0.15, 0.2) is 24.3 Å². The maximum absolute atomic E-state index is 12.6. The van der Waals surface area contributed by atoms with Crippen LogP contribution >= 0.6 is 0 Å². The van der Waals surface area contributed by atoms with Crippen LogP contribution in [0.4, 0.5) is 4.39 Å². The van der Waals surface area contributed by atoms with Crippen LogP contribution < -0.4 is 10.6 Å². The third-order valence-corrected chi connectivity index (χ3v) is 6.35. The summed E-state index contributed by atoms with van der Waals surface area (Å²) in [6.07, 6.45) is 17.5. The second-order valence-corrected chi connectivity index (χ2v) is 9.50. The largest absolute Gasteiger partial charge is 0.382 e. The molecule has 35 heavy (non-hydrogen) atoms. The highest BCUT2D eigenvalue weighted by molar-refractivity contribution is 5.97. The molecule has 0 unspecified atom stereocenters. The summed E-state index contributed by atoms with van der Waals surface area (Å²) in [4.78, 5) is 25.2. The molecule has 0 aliphatic rings. The first kappa shape index (κ1) is 31.1. The fourth-order valence-corrected chi connectivity index (χ4v) is 4.14. The number of amides is 2. The summed E-state index contributed by atoms with van der Waals surface area (Å²) in [5, 5.41) is 5.71. The SMILES string of the molecule is CCCCCCCCCCCCCCNC(=O)[C@H](COC)NC(=O)c1ccc(CCCC[18F])cc1. The number of hydrogen-bond donors (Lipinski definition) is 2. The Morgan fingerprint density at radius 3 is 1.94 bits per heavy atom.